The molecule has 1 unspecified atom stereocenters. The van der Waals surface area contributed by atoms with E-state index in [1.807, 2.05) is 31.2 Å². The van der Waals surface area contributed by atoms with Crippen molar-refractivity contribution in [2.45, 2.75) is 13.0 Å². The topological polar surface area (TPSA) is 44.5 Å². The van der Waals surface area contributed by atoms with Gasteiger partial charge in [-0.15, -0.1) is 0 Å². The average molecular weight is 369 g/mol. The van der Waals surface area contributed by atoms with Gasteiger partial charge in [0, 0.05) is 15.6 Å². The van der Waals surface area contributed by atoms with Crippen molar-refractivity contribution < 1.29 is 9.47 Å². The first-order chi connectivity index (χ1) is 10.1. The molecule has 5 heteroatoms. The Kier molecular flexibility index (Phi) is 4.11. The maximum atomic E-state index is 6.42. The summed E-state index contributed by atoms with van der Waals surface area (Å²) in [6.07, 6.45) is 0. The van der Waals surface area contributed by atoms with Crippen LogP contribution in [0, 0.1) is 6.92 Å². The van der Waals surface area contributed by atoms with Crippen LogP contribution in [0.4, 0.5) is 0 Å². The second-order valence-electron chi connectivity index (χ2n) is 5.00. The van der Waals surface area contributed by atoms with Gasteiger partial charge in [0.15, 0.2) is 11.5 Å². The van der Waals surface area contributed by atoms with Gasteiger partial charge in [-0.2, -0.15) is 0 Å². The van der Waals surface area contributed by atoms with Crippen LogP contribution in [-0.2, 0) is 0 Å². The van der Waals surface area contributed by atoms with E-state index in [1.54, 1.807) is 6.07 Å². The second kappa shape index (κ2) is 5.87. The van der Waals surface area contributed by atoms with Crippen molar-refractivity contribution in [1.29, 1.82) is 0 Å². The molecule has 2 aromatic rings. The Balaban J connectivity index is 2.05. The molecule has 1 aliphatic rings. The summed E-state index contributed by atoms with van der Waals surface area (Å²) in [5, 5.41) is 0.589. The van der Waals surface area contributed by atoms with Crippen molar-refractivity contribution in [2.75, 3.05) is 13.2 Å². The molecule has 1 heterocycles. The lowest BCUT2D eigenvalue weighted by Crippen LogP contribution is -2.18. The molecule has 1 atom stereocenters. The minimum atomic E-state index is -0.314. The van der Waals surface area contributed by atoms with Crippen molar-refractivity contribution in [3.8, 4) is 11.5 Å². The summed E-state index contributed by atoms with van der Waals surface area (Å²) in [6.45, 7) is 3.12. The van der Waals surface area contributed by atoms with Gasteiger partial charge in [-0.25, -0.2) is 0 Å². The quantitative estimate of drug-likeness (QED) is 0.862. The molecular weight excluding hydrogens is 354 g/mol. The largest absolute Gasteiger partial charge is 0.486 e. The molecule has 0 aromatic heterocycles. The minimum Gasteiger partial charge on any atom is -0.486 e. The predicted octanol–water partition coefficient (Wildman–Crippen LogP) is 4.23. The number of ether oxygens (including phenoxy) is 2. The third-order valence-electron chi connectivity index (χ3n) is 3.57. The van der Waals surface area contributed by atoms with Crippen LogP contribution in [0.15, 0.2) is 34.8 Å². The summed E-state index contributed by atoms with van der Waals surface area (Å²) >= 11 is 9.85. The zero-order chi connectivity index (χ0) is 15.0. The van der Waals surface area contributed by atoms with Crippen LogP contribution in [0.5, 0.6) is 11.5 Å². The molecule has 2 N–H and O–H groups in total. The number of hydrogen-bond donors (Lipinski definition) is 1. The number of hydrogen-bond acceptors (Lipinski definition) is 3. The van der Waals surface area contributed by atoms with E-state index in [1.165, 1.54) is 0 Å². The van der Waals surface area contributed by atoms with E-state index in [2.05, 4.69) is 15.9 Å². The van der Waals surface area contributed by atoms with Crippen LogP contribution in [0.2, 0.25) is 5.02 Å². The van der Waals surface area contributed by atoms with E-state index in [9.17, 15) is 0 Å². The number of halogens is 2. The van der Waals surface area contributed by atoms with Gasteiger partial charge in [-0.1, -0.05) is 33.6 Å². The van der Waals surface area contributed by atoms with Gasteiger partial charge in [0.1, 0.15) is 13.2 Å². The molecule has 0 amide bonds. The highest BCUT2D eigenvalue weighted by atomic mass is 79.9. The maximum Gasteiger partial charge on any atom is 0.162 e. The Hall–Kier alpha value is -1.23. The standard InChI is InChI=1S/C16H15BrClNO2/c1-9-2-3-10(17)6-11(9)16(19)12-7-14-15(8-13(12)18)21-5-4-20-14/h2-3,6-8,16H,4-5,19H2,1H3. The van der Waals surface area contributed by atoms with Crippen LogP contribution in [-0.4, -0.2) is 13.2 Å². The molecule has 0 spiro atoms. The zero-order valence-electron chi connectivity index (χ0n) is 11.5. The van der Waals surface area contributed by atoms with Crippen LogP contribution in [0.3, 0.4) is 0 Å². The molecule has 0 aliphatic carbocycles. The van der Waals surface area contributed by atoms with Crippen molar-refractivity contribution in [3.05, 3.63) is 56.5 Å². The molecule has 0 saturated carbocycles. The SMILES string of the molecule is Cc1ccc(Br)cc1C(N)c1cc2c(cc1Cl)OCCO2. The molecule has 3 nitrogen and oxygen atoms in total. The lowest BCUT2D eigenvalue weighted by molar-refractivity contribution is 0.171. The highest BCUT2D eigenvalue weighted by molar-refractivity contribution is 9.10. The Morgan fingerprint density at radius 1 is 1.10 bits per heavy atom. The number of aryl methyl sites for hydroxylation is 1. The van der Waals surface area contributed by atoms with Gasteiger partial charge in [0.05, 0.1) is 6.04 Å². The third kappa shape index (κ3) is 2.89. The van der Waals surface area contributed by atoms with Crippen LogP contribution in [0.25, 0.3) is 0 Å². The summed E-state index contributed by atoms with van der Waals surface area (Å²) in [5.41, 5.74) is 9.41. The van der Waals surface area contributed by atoms with E-state index in [0.717, 1.165) is 21.2 Å². The summed E-state index contributed by atoms with van der Waals surface area (Å²) in [4.78, 5) is 0. The van der Waals surface area contributed by atoms with Gasteiger partial charge >= 0.3 is 0 Å². The first kappa shape index (κ1) is 14.7. The van der Waals surface area contributed by atoms with Crippen LogP contribution >= 0.6 is 27.5 Å². The molecule has 0 saturated heterocycles. The predicted molar refractivity (Wildman–Crippen MR) is 87.4 cm³/mol. The van der Waals surface area contributed by atoms with Gasteiger partial charge < -0.3 is 15.2 Å². The smallest absolute Gasteiger partial charge is 0.162 e. The Morgan fingerprint density at radius 3 is 2.48 bits per heavy atom. The Labute approximate surface area is 137 Å². The van der Waals surface area contributed by atoms with Gasteiger partial charge in [0.25, 0.3) is 0 Å². The molecule has 21 heavy (non-hydrogen) atoms. The van der Waals surface area contributed by atoms with Crippen molar-refractivity contribution in [2.24, 2.45) is 5.73 Å². The Morgan fingerprint density at radius 2 is 1.76 bits per heavy atom. The average Bonchev–Trinajstić information content (AvgIpc) is 2.48. The van der Waals surface area contributed by atoms with Crippen LogP contribution in [0.1, 0.15) is 22.7 Å². The van der Waals surface area contributed by atoms with E-state index in [4.69, 9.17) is 26.8 Å². The summed E-state index contributed by atoms with van der Waals surface area (Å²) < 4.78 is 12.1. The summed E-state index contributed by atoms with van der Waals surface area (Å²) in [6, 6.07) is 9.39. The highest BCUT2D eigenvalue weighted by Crippen LogP contribution is 2.39. The highest BCUT2D eigenvalue weighted by Gasteiger charge is 2.20. The maximum absolute atomic E-state index is 6.42. The number of rotatable bonds is 2. The van der Waals surface area contributed by atoms with Crippen LogP contribution < -0.4 is 15.2 Å². The van der Waals surface area contributed by atoms with E-state index < -0.39 is 0 Å². The molecule has 0 radical (unpaired) electrons. The molecule has 3 rings (SSSR count). The zero-order valence-corrected chi connectivity index (χ0v) is 13.9. The van der Waals surface area contributed by atoms with Gasteiger partial charge in [-0.05, 0) is 41.8 Å². The molecule has 110 valence electrons. The van der Waals surface area contributed by atoms with E-state index in [-0.39, 0.29) is 6.04 Å². The fourth-order valence-corrected chi connectivity index (χ4v) is 3.08. The molecular formula is C16H15BrClNO2. The van der Waals surface area contributed by atoms with E-state index in [0.29, 0.717) is 29.7 Å². The fraction of sp³-hybridized carbons (Fsp3) is 0.250. The van der Waals surface area contributed by atoms with E-state index >= 15 is 0 Å². The van der Waals surface area contributed by atoms with Crippen molar-refractivity contribution >= 4 is 27.5 Å². The van der Waals surface area contributed by atoms with Crippen molar-refractivity contribution in [1.82, 2.24) is 0 Å². The lowest BCUT2D eigenvalue weighted by atomic mass is 9.95. The minimum absolute atomic E-state index is 0.314. The second-order valence-corrected chi connectivity index (χ2v) is 6.32. The molecule has 2 aromatic carbocycles. The first-order valence-electron chi connectivity index (χ1n) is 6.67. The fourth-order valence-electron chi connectivity index (χ4n) is 2.43. The van der Waals surface area contributed by atoms with Gasteiger partial charge in [0.2, 0.25) is 0 Å². The monoisotopic (exact) mass is 367 g/mol. The number of nitrogens with two attached hydrogens (primary N) is 1. The number of benzene rings is 2. The van der Waals surface area contributed by atoms with Gasteiger partial charge in [-0.3, -0.25) is 0 Å². The Bertz CT molecular complexity index is 690. The van der Waals surface area contributed by atoms with Crippen molar-refractivity contribution in [3.63, 3.8) is 0 Å². The summed E-state index contributed by atoms with van der Waals surface area (Å²) in [5.74, 6) is 1.37. The molecule has 1 aliphatic heterocycles. The first-order valence-corrected chi connectivity index (χ1v) is 7.84. The molecule has 0 fully saturated rings. The molecule has 0 bridgehead atoms. The summed E-state index contributed by atoms with van der Waals surface area (Å²) in [7, 11) is 0. The number of fused-ring (bicyclic) bond motifs is 1. The normalized spacial score (nSPS) is 14.9. The lowest BCUT2D eigenvalue weighted by Gasteiger charge is -2.22. The third-order valence-corrected chi connectivity index (χ3v) is 4.39.